The summed E-state index contributed by atoms with van der Waals surface area (Å²) in [6.07, 6.45) is 2.22. The van der Waals surface area contributed by atoms with Gasteiger partial charge in [0.05, 0.1) is 0 Å². The highest BCUT2D eigenvalue weighted by Crippen LogP contribution is 2.21. The minimum atomic E-state index is 0. The molecule has 1 aromatic rings. The minimum Gasteiger partial charge on any atom is -0.488 e. The minimum absolute atomic E-state index is 0. The predicted molar refractivity (Wildman–Crippen MR) is 75.9 cm³/mol. The zero-order chi connectivity index (χ0) is 12.1. The summed E-state index contributed by atoms with van der Waals surface area (Å²) in [5.74, 6) is 0.845. The van der Waals surface area contributed by atoms with Crippen molar-refractivity contribution in [1.29, 1.82) is 0 Å². The second-order valence-corrected chi connectivity index (χ2v) is 4.82. The second kappa shape index (κ2) is 7.85. The van der Waals surface area contributed by atoms with Crippen LogP contribution in [0.15, 0.2) is 24.3 Å². The maximum Gasteiger partial charge on any atom is 0.124 e. The standard InChI is InChI=1S/C13H18ClNO2.ClH/c14-11-4-3-5-12(8-11)17-13-9-15(10-13)6-1-2-7-16;/h3-5,8,13,16H,1-2,6-7,9-10H2;1H. The molecule has 1 aliphatic rings. The first-order chi connectivity index (χ1) is 8.28. The number of halogens is 2. The van der Waals surface area contributed by atoms with E-state index in [-0.39, 0.29) is 25.1 Å². The van der Waals surface area contributed by atoms with Crippen molar-refractivity contribution in [2.45, 2.75) is 18.9 Å². The molecule has 0 saturated carbocycles. The van der Waals surface area contributed by atoms with Crippen LogP contribution >= 0.6 is 24.0 Å². The van der Waals surface area contributed by atoms with Gasteiger partial charge in [-0.05, 0) is 37.6 Å². The van der Waals surface area contributed by atoms with Crippen LogP contribution in [0.3, 0.4) is 0 Å². The van der Waals surface area contributed by atoms with Crippen LogP contribution in [-0.2, 0) is 0 Å². The van der Waals surface area contributed by atoms with Crippen molar-refractivity contribution >= 4 is 24.0 Å². The molecule has 0 aromatic heterocycles. The highest BCUT2D eigenvalue weighted by molar-refractivity contribution is 6.30. The number of nitrogens with zero attached hydrogens (tertiary/aromatic N) is 1. The Morgan fingerprint density at radius 1 is 1.33 bits per heavy atom. The summed E-state index contributed by atoms with van der Waals surface area (Å²) in [7, 11) is 0. The van der Waals surface area contributed by atoms with E-state index in [1.165, 1.54) is 0 Å². The van der Waals surface area contributed by atoms with Crippen molar-refractivity contribution in [3.05, 3.63) is 29.3 Å². The van der Waals surface area contributed by atoms with Crippen LogP contribution in [0.1, 0.15) is 12.8 Å². The third-order valence-electron chi connectivity index (χ3n) is 2.90. The highest BCUT2D eigenvalue weighted by atomic mass is 35.5. The summed E-state index contributed by atoms with van der Waals surface area (Å²) in [6.45, 7) is 3.28. The lowest BCUT2D eigenvalue weighted by molar-refractivity contribution is 0.0185. The van der Waals surface area contributed by atoms with Gasteiger partial charge in [0.2, 0.25) is 0 Å². The molecule has 0 atom stereocenters. The summed E-state index contributed by atoms with van der Waals surface area (Å²) in [6, 6.07) is 7.52. The number of rotatable bonds is 6. The van der Waals surface area contributed by atoms with Crippen LogP contribution in [0.25, 0.3) is 0 Å². The van der Waals surface area contributed by atoms with Crippen molar-refractivity contribution in [2.75, 3.05) is 26.2 Å². The van der Waals surface area contributed by atoms with Crippen molar-refractivity contribution in [3.63, 3.8) is 0 Å². The lowest BCUT2D eigenvalue weighted by Gasteiger charge is -2.39. The molecule has 0 radical (unpaired) electrons. The molecule has 1 aliphatic heterocycles. The number of likely N-dealkylation sites (tertiary alicyclic amines) is 1. The average molecular weight is 292 g/mol. The SMILES string of the molecule is Cl.OCCCCN1CC(Oc2cccc(Cl)c2)C1. The number of benzene rings is 1. The molecule has 0 amide bonds. The summed E-state index contributed by atoms with van der Waals surface area (Å²) in [4.78, 5) is 2.34. The smallest absolute Gasteiger partial charge is 0.124 e. The van der Waals surface area contributed by atoms with E-state index in [1.807, 2.05) is 24.3 Å². The number of aliphatic hydroxyl groups is 1. The fraction of sp³-hybridized carbons (Fsp3) is 0.538. The van der Waals surface area contributed by atoms with Gasteiger partial charge >= 0.3 is 0 Å². The Bertz CT molecular complexity index is 357. The van der Waals surface area contributed by atoms with E-state index in [0.29, 0.717) is 5.02 Å². The van der Waals surface area contributed by atoms with Gasteiger partial charge in [-0.15, -0.1) is 12.4 Å². The molecule has 1 N–H and O–H groups in total. The number of ether oxygens (including phenoxy) is 1. The maximum absolute atomic E-state index is 8.69. The lowest BCUT2D eigenvalue weighted by atomic mass is 10.1. The molecule has 0 aliphatic carbocycles. The van der Waals surface area contributed by atoms with Crippen LogP contribution in [-0.4, -0.2) is 42.4 Å². The molecular weight excluding hydrogens is 273 g/mol. The van der Waals surface area contributed by atoms with Gasteiger partial charge < -0.3 is 9.84 Å². The van der Waals surface area contributed by atoms with Gasteiger partial charge in [0.25, 0.3) is 0 Å². The van der Waals surface area contributed by atoms with E-state index in [9.17, 15) is 0 Å². The van der Waals surface area contributed by atoms with E-state index in [4.69, 9.17) is 21.4 Å². The van der Waals surface area contributed by atoms with Gasteiger partial charge in [-0.25, -0.2) is 0 Å². The number of aliphatic hydroxyl groups excluding tert-OH is 1. The molecule has 0 bridgehead atoms. The van der Waals surface area contributed by atoms with Crippen LogP contribution in [0.2, 0.25) is 5.02 Å². The molecule has 0 unspecified atom stereocenters. The van der Waals surface area contributed by atoms with Crippen molar-refractivity contribution in [3.8, 4) is 5.75 Å². The number of unbranched alkanes of at least 4 members (excludes halogenated alkanes) is 1. The van der Waals surface area contributed by atoms with Crippen molar-refractivity contribution < 1.29 is 9.84 Å². The Morgan fingerprint density at radius 2 is 2.11 bits per heavy atom. The Morgan fingerprint density at radius 3 is 2.78 bits per heavy atom. The van der Waals surface area contributed by atoms with Gasteiger partial charge in [0.1, 0.15) is 11.9 Å². The molecule has 2 rings (SSSR count). The first-order valence-corrected chi connectivity index (χ1v) is 6.41. The van der Waals surface area contributed by atoms with Gasteiger partial charge in [-0.3, -0.25) is 4.90 Å². The predicted octanol–water partition coefficient (Wildman–Crippen LogP) is 2.60. The average Bonchev–Trinajstić information content (AvgIpc) is 2.26. The van der Waals surface area contributed by atoms with E-state index in [0.717, 1.165) is 38.2 Å². The summed E-state index contributed by atoms with van der Waals surface area (Å²) >= 11 is 5.89. The monoisotopic (exact) mass is 291 g/mol. The zero-order valence-corrected chi connectivity index (χ0v) is 11.8. The van der Waals surface area contributed by atoms with Gasteiger partial charge in [0.15, 0.2) is 0 Å². The molecule has 18 heavy (non-hydrogen) atoms. The van der Waals surface area contributed by atoms with Crippen LogP contribution in [0.4, 0.5) is 0 Å². The van der Waals surface area contributed by atoms with Gasteiger partial charge in [-0.1, -0.05) is 17.7 Å². The fourth-order valence-corrected chi connectivity index (χ4v) is 2.14. The maximum atomic E-state index is 8.69. The Balaban J connectivity index is 0.00000162. The molecule has 1 saturated heterocycles. The summed E-state index contributed by atoms with van der Waals surface area (Å²) in [5, 5.41) is 9.40. The Hall–Kier alpha value is -0.480. The van der Waals surface area contributed by atoms with Gasteiger partial charge in [0, 0.05) is 24.7 Å². The topological polar surface area (TPSA) is 32.7 Å². The van der Waals surface area contributed by atoms with E-state index in [1.54, 1.807) is 0 Å². The highest BCUT2D eigenvalue weighted by Gasteiger charge is 2.27. The van der Waals surface area contributed by atoms with Crippen molar-refractivity contribution in [1.82, 2.24) is 4.90 Å². The van der Waals surface area contributed by atoms with E-state index in [2.05, 4.69) is 4.90 Å². The van der Waals surface area contributed by atoms with Crippen molar-refractivity contribution in [2.24, 2.45) is 0 Å². The molecule has 3 nitrogen and oxygen atoms in total. The van der Waals surface area contributed by atoms with Gasteiger partial charge in [-0.2, -0.15) is 0 Å². The zero-order valence-electron chi connectivity index (χ0n) is 10.2. The third kappa shape index (κ3) is 4.65. The quantitative estimate of drug-likeness (QED) is 0.818. The molecule has 1 aromatic carbocycles. The Kier molecular flexibility index (Phi) is 6.79. The first kappa shape index (κ1) is 15.6. The number of hydrogen-bond donors (Lipinski definition) is 1. The molecule has 0 spiro atoms. The summed E-state index contributed by atoms with van der Waals surface area (Å²) in [5.41, 5.74) is 0. The lowest BCUT2D eigenvalue weighted by Crippen LogP contribution is -2.53. The summed E-state index contributed by atoms with van der Waals surface area (Å²) < 4.78 is 5.79. The Labute approximate surface area is 119 Å². The molecular formula is C13H19Cl2NO2. The van der Waals surface area contributed by atoms with Crippen LogP contribution in [0.5, 0.6) is 5.75 Å². The van der Waals surface area contributed by atoms with E-state index < -0.39 is 0 Å². The normalized spacial score (nSPS) is 15.9. The first-order valence-electron chi connectivity index (χ1n) is 6.03. The second-order valence-electron chi connectivity index (χ2n) is 4.39. The molecule has 1 fully saturated rings. The van der Waals surface area contributed by atoms with Crippen LogP contribution in [0, 0.1) is 0 Å². The van der Waals surface area contributed by atoms with Crippen LogP contribution < -0.4 is 4.74 Å². The molecule has 5 heteroatoms. The molecule has 102 valence electrons. The fourth-order valence-electron chi connectivity index (χ4n) is 1.96. The third-order valence-corrected chi connectivity index (χ3v) is 3.14. The number of hydrogen-bond acceptors (Lipinski definition) is 3. The van der Waals surface area contributed by atoms with E-state index >= 15 is 0 Å². The molecule has 1 heterocycles. The largest absolute Gasteiger partial charge is 0.488 e.